The van der Waals surface area contributed by atoms with Crippen LogP contribution in [-0.2, 0) is 28.4 Å². The predicted molar refractivity (Wildman–Crippen MR) is 139 cm³/mol. The molecule has 1 saturated heterocycles. The number of hydrogen-bond donors (Lipinski definition) is 3. The Bertz CT molecular complexity index is 586. The van der Waals surface area contributed by atoms with Crippen LogP contribution in [0.25, 0.3) is 0 Å². The number of piperazine rings is 1. The highest BCUT2D eigenvalue weighted by atomic mass is 16.6. The van der Waals surface area contributed by atoms with Crippen molar-refractivity contribution in [3.8, 4) is 0 Å². The van der Waals surface area contributed by atoms with E-state index in [0.717, 1.165) is 19.6 Å². The molecule has 0 aromatic carbocycles. The molecule has 218 valence electrons. The van der Waals surface area contributed by atoms with E-state index in [-0.39, 0.29) is 6.03 Å². The number of urea groups is 1. The average Bonchev–Trinajstić information content (AvgIpc) is 2.85. The second-order valence-electron chi connectivity index (χ2n) is 9.34. The quantitative estimate of drug-likeness (QED) is 0.180. The molecular formula is C24H49N5O8. The van der Waals surface area contributed by atoms with Crippen molar-refractivity contribution in [3.05, 3.63) is 0 Å². The van der Waals surface area contributed by atoms with Crippen molar-refractivity contribution in [2.45, 2.75) is 26.4 Å². The van der Waals surface area contributed by atoms with E-state index < -0.39 is 11.7 Å². The number of hydrogen-bond acceptors (Lipinski definition) is 10. The molecule has 0 spiro atoms. The molecule has 1 aliphatic rings. The zero-order valence-corrected chi connectivity index (χ0v) is 23.0. The normalized spacial score (nSPS) is 14.5. The number of ether oxygens (including phenoxy) is 6. The first-order valence-electron chi connectivity index (χ1n) is 13.1. The van der Waals surface area contributed by atoms with E-state index in [1.165, 1.54) is 0 Å². The lowest BCUT2D eigenvalue weighted by molar-refractivity contribution is -0.0102. The number of nitrogens with zero attached hydrogens (tertiary/aromatic N) is 2. The molecule has 3 amide bonds. The van der Waals surface area contributed by atoms with Crippen molar-refractivity contribution in [3.63, 3.8) is 0 Å². The van der Waals surface area contributed by atoms with Crippen molar-refractivity contribution in [1.82, 2.24) is 20.4 Å². The number of amides is 3. The lowest BCUT2D eigenvalue weighted by Gasteiger charge is -2.34. The third-order valence-corrected chi connectivity index (χ3v) is 5.03. The Kier molecular flexibility index (Phi) is 19.1. The summed E-state index contributed by atoms with van der Waals surface area (Å²) in [6, 6.07) is -0.0874. The third-order valence-electron chi connectivity index (χ3n) is 5.03. The fourth-order valence-electron chi connectivity index (χ4n) is 3.21. The lowest BCUT2D eigenvalue weighted by Crippen LogP contribution is -2.53. The van der Waals surface area contributed by atoms with Crippen LogP contribution in [-0.4, -0.2) is 146 Å². The Morgan fingerprint density at radius 3 is 1.68 bits per heavy atom. The second kappa shape index (κ2) is 21.2. The van der Waals surface area contributed by atoms with Gasteiger partial charge in [0.2, 0.25) is 0 Å². The molecule has 0 unspecified atom stereocenters. The Hall–Kier alpha value is -1.74. The fourth-order valence-corrected chi connectivity index (χ4v) is 3.21. The van der Waals surface area contributed by atoms with E-state index in [1.807, 2.05) is 20.8 Å². The van der Waals surface area contributed by atoms with Gasteiger partial charge < -0.3 is 49.7 Å². The van der Waals surface area contributed by atoms with Crippen molar-refractivity contribution in [1.29, 1.82) is 0 Å². The van der Waals surface area contributed by atoms with E-state index in [2.05, 4.69) is 15.5 Å². The van der Waals surface area contributed by atoms with Gasteiger partial charge in [0.15, 0.2) is 0 Å². The zero-order chi connectivity index (χ0) is 27.2. The lowest BCUT2D eigenvalue weighted by atomic mass is 10.2. The van der Waals surface area contributed by atoms with E-state index in [4.69, 9.17) is 34.2 Å². The van der Waals surface area contributed by atoms with Crippen LogP contribution in [0.5, 0.6) is 0 Å². The minimum Gasteiger partial charge on any atom is -0.444 e. The minimum absolute atomic E-state index is 0.0874. The summed E-state index contributed by atoms with van der Waals surface area (Å²) >= 11 is 0. The molecule has 0 bridgehead atoms. The van der Waals surface area contributed by atoms with Gasteiger partial charge in [-0.25, -0.2) is 9.59 Å². The maximum absolute atomic E-state index is 12.3. The first-order chi connectivity index (χ1) is 17.8. The van der Waals surface area contributed by atoms with Crippen molar-refractivity contribution >= 4 is 12.1 Å². The third kappa shape index (κ3) is 20.0. The van der Waals surface area contributed by atoms with Crippen LogP contribution in [0.3, 0.4) is 0 Å². The van der Waals surface area contributed by atoms with Crippen LogP contribution in [0.4, 0.5) is 9.59 Å². The number of rotatable bonds is 20. The summed E-state index contributed by atoms with van der Waals surface area (Å²) in [6.45, 7) is 15.5. The maximum Gasteiger partial charge on any atom is 0.407 e. The SMILES string of the molecule is CC(C)(C)OC(=O)NCCN1CCN(C(=O)NCCOCCOCCOCCOCCOCCN)CC1. The number of carbonyl (C=O) groups is 2. The van der Waals surface area contributed by atoms with Gasteiger partial charge in [0.25, 0.3) is 0 Å². The van der Waals surface area contributed by atoms with Gasteiger partial charge in [0.05, 0.1) is 66.1 Å². The number of nitrogens with one attached hydrogen (secondary N) is 2. The Balaban J connectivity index is 1.87. The van der Waals surface area contributed by atoms with Crippen LogP contribution in [0.1, 0.15) is 20.8 Å². The standard InChI is InChI=1S/C24H49N5O8/c1-24(2,3)37-23(31)27-5-7-28-8-10-29(11-9-28)22(30)26-6-13-33-15-17-35-19-21-36-20-18-34-16-14-32-12-4-25/h4-21,25H2,1-3H3,(H,26,30)(H,27,31). The molecule has 13 heteroatoms. The van der Waals surface area contributed by atoms with Crippen LogP contribution >= 0.6 is 0 Å². The van der Waals surface area contributed by atoms with Crippen molar-refractivity contribution in [2.24, 2.45) is 5.73 Å². The van der Waals surface area contributed by atoms with Gasteiger partial charge >= 0.3 is 12.1 Å². The number of alkyl carbamates (subject to hydrolysis) is 1. The minimum atomic E-state index is -0.505. The highest BCUT2D eigenvalue weighted by molar-refractivity contribution is 5.74. The van der Waals surface area contributed by atoms with E-state index in [9.17, 15) is 9.59 Å². The summed E-state index contributed by atoms with van der Waals surface area (Å²) in [5, 5.41) is 5.64. The summed E-state index contributed by atoms with van der Waals surface area (Å²) < 4.78 is 32.1. The Morgan fingerprint density at radius 2 is 1.19 bits per heavy atom. The van der Waals surface area contributed by atoms with Gasteiger partial charge in [-0.2, -0.15) is 0 Å². The van der Waals surface area contributed by atoms with Gasteiger partial charge in [-0.15, -0.1) is 0 Å². The second-order valence-corrected chi connectivity index (χ2v) is 9.34. The van der Waals surface area contributed by atoms with Crippen LogP contribution < -0.4 is 16.4 Å². The average molecular weight is 536 g/mol. The Morgan fingerprint density at radius 1 is 0.703 bits per heavy atom. The molecule has 0 aromatic rings. The van der Waals surface area contributed by atoms with Gasteiger partial charge in [-0.05, 0) is 20.8 Å². The van der Waals surface area contributed by atoms with E-state index in [0.29, 0.717) is 98.8 Å². The molecule has 0 atom stereocenters. The first kappa shape index (κ1) is 33.3. The molecule has 1 heterocycles. The van der Waals surface area contributed by atoms with Gasteiger partial charge in [-0.1, -0.05) is 0 Å². The number of carbonyl (C=O) groups excluding carboxylic acids is 2. The van der Waals surface area contributed by atoms with Gasteiger partial charge in [0.1, 0.15) is 5.60 Å². The van der Waals surface area contributed by atoms with E-state index >= 15 is 0 Å². The molecule has 0 aromatic heterocycles. The number of nitrogens with two attached hydrogens (primary N) is 1. The van der Waals surface area contributed by atoms with Crippen molar-refractivity contribution in [2.75, 3.05) is 118 Å². The van der Waals surface area contributed by atoms with Crippen LogP contribution in [0.2, 0.25) is 0 Å². The summed E-state index contributed by atoms with van der Waals surface area (Å²) in [5.74, 6) is 0. The first-order valence-corrected chi connectivity index (χ1v) is 13.1. The topological polar surface area (TPSA) is 146 Å². The molecule has 13 nitrogen and oxygen atoms in total. The molecule has 1 rings (SSSR count). The molecule has 1 fully saturated rings. The largest absolute Gasteiger partial charge is 0.444 e. The predicted octanol–water partition coefficient (Wildman–Crippen LogP) is -0.120. The van der Waals surface area contributed by atoms with Gasteiger partial charge in [-0.3, -0.25) is 4.90 Å². The maximum atomic E-state index is 12.3. The molecule has 37 heavy (non-hydrogen) atoms. The van der Waals surface area contributed by atoms with Crippen molar-refractivity contribution < 1.29 is 38.0 Å². The fraction of sp³-hybridized carbons (Fsp3) is 0.917. The van der Waals surface area contributed by atoms with Crippen LogP contribution in [0.15, 0.2) is 0 Å². The van der Waals surface area contributed by atoms with Crippen LogP contribution in [0, 0.1) is 0 Å². The van der Waals surface area contributed by atoms with Gasteiger partial charge in [0, 0.05) is 52.4 Å². The molecule has 0 saturated carbocycles. The summed E-state index contributed by atoms with van der Waals surface area (Å²) in [5.41, 5.74) is 4.82. The summed E-state index contributed by atoms with van der Waals surface area (Å²) in [6.07, 6.45) is -0.410. The zero-order valence-electron chi connectivity index (χ0n) is 23.0. The highest BCUT2D eigenvalue weighted by Gasteiger charge is 2.21. The van der Waals surface area contributed by atoms with E-state index in [1.54, 1.807) is 4.90 Å². The summed E-state index contributed by atoms with van der Waals surface area (Å²) in [4.78, 5) is 28.0. The molecular weight excluding hydrogens is 486 g/mol. The Labute approximate surface area is 221 Å². The molecule has 4 N–H and O–H groups in total. The smallest absolute Gasteiger partial charge is 0.407 e. The molecule has 0 radical (unpaired) electrons. The summed E-state index contributed by atoms with van der Waals surface area (Å²) in [7, 11) is 0. The highest BCUT2D eigenvalue weighted by Crippen LogP contribution is 2.06. The monoisotopic (exact) mass is 535 g/mol. The molecule has 0 aliphatic carbocycles. The molecule has 1 aliphatic heterocycles.